The van der Waals surface area contributed by atoms with Crippen LogP contribution in [0.5, 0.6) is 0 Å². The van der Waals surface area contributed by atoms with Crippen molar-refractivity contribution in [3.05, 3.63) is 35.4 Å². The fourth-order valence-corrected chi connectivity index (χ4v) is 2.41. The standard InChI is InChI=1S/C18H28N2O3.ClH/c1-5-7-16(18(22)23)19-13(4)17(21)20-12(3)15-10-8-14(6-2)9-11-15;/h8-13,16,19H,5-7H2,1-4H3,(H,20,21)(H,22,23);1H. The van der Waals surface area contributed by atoms with E-state index in [2.05, 4.69) is 29.7 Å². The molecule has 0 radical (unpaired) electrons. The molecule has 0 heterocycles. The lowest BCUT2D eigenvalue weighted by molar-refractivity contribution is -0.140. The van der Waals surface area contributed by atoms with Crippen molar-refractivity contribution in [1.29, 1.82) is 0 Å². The average molecular weight is 357 g/mol. The van der Waals surface area contributed by atoms with Gasteiger partial charge in [-0.25, -0.2) is 0 Å². The number of amides is 1. The molecule has 0 aliphatic rings. The summed E-state index contributed by atoms with van der Waals surface area (Å²) in [6, 6.07) is 6.77. The van der Waals surface area contributed by atoms with Gasteiger partial charge in [0, 0.05) is 0 Å². The van der Waals surface area contributed by atoms with E-state index in [1.54, 1.807) is 6.92 Å². The zero-order chi connectivity index (χ0) is 17.4. The van der Waals surface area contributed by atoms with Crippen molar-refractivity contribution in [2.75, 3.05) is 0 Å². The van der Waals surface area contributed by atoms with Crippen LogP contribution in [0.2, 0.25) is 0 Å². The molecule has 0 aromatic heterocycles. The molecule has 1 aromatic rings. The smallest absolute Gasteiger partial charge is 0.320 e. The number of rotatable bonds is 9. The first-order valence-corrected chi connectivity index (χ1v) is 8.27. The Kier molecular flexibility index (Phi) is 10.3. The molecule has 5 nitrogen and oxygen atoms in total. The van der Waals surface area contributed by atoms with Crippen LogP contribution in [-0.2, 0) is 16.0 Å². The number of aryl methyl sites for hydroxylation is 1. The van der Waals surface area contributed by atoms with Crippen LogP contribution >= 0.6 is 12.4 Å². The molecular weight excluding hydrogens is 328 g/mol. The van der Waals surface area contributed by atoms with Crippen LogP contribution in [0, 0.1) is 0 Å². The first kappa shape index (κ1) is 22.4. The summed E-state index contributed by atoms with van der Waals surface area (Å²) in [6.45, 7) is 7.63. The van der Waals surface area contributed by atoms with E-state index in [-0.39, 0.29) is 24.4 Å². The minimum atomic E-state index is -0.922. The summed E-state index contributed by atoms with van der Waals surface area (Å²) in [4.78, 5) is 23.4. The molecule has 3 atom stereocenters. The minimum absolute atomic E-state index is 0. The first-order chi connectivity index (χ1) is 10.9. The molecule has 6 heteroatoms. The summed E-state index contributed by atoms with van der Waals surface area (Å²) >= 11 is 0. The second kappa shape index (κ2) is 11.0. The monoisotopic (exact) mass is 356 g/mol. The van der Waals surface area contributed by atoms with E-state index >= 15 is 0 Å². The fraction of sp³-hybridized carbons (Fsp3) is 0.556. The largest absolute Gasteiger partial charge is 0.480 e. The van der Waals surface area contributed by atoms with Gasteiger partial charge in [0.1, 0.15) is 6.04 Å². The Morgan fingerprint density at radius 3 is 2.17 bits per heavy atom. The highest BCUT2D eigenvalue weighted by atomic mass is 35.5. The molecule has 1 amide bonds. The Morgan fingerprint density at radius 1 is 1.12 bits per heavy atom. The third kappa shape index (κ3) is 6.89. The number of carboxylic acids is 1. The normalized spacial score (nSPS) is 14.2. The van der Waals surface area contributed by atoms with Gasteiger partial charge in [-0.15, -0.1) is 12.4 Å². The van der Waals surface area contributed by atoms with Gasteiger partial charge >= 0.3 is 5.97 Å². The zero-order valence-electron chi connectivity index (χ0n) is 14.8. The van der Waals surface area contributed by atoms with Crippen LogP contribution in [0.15, 0.2) is 24.3 Å². The second-order valence-electron chi connectivity index (χ2n) is 5.89. The van der Waals surface area contributed by atoms with Crippen molar-refractivity contribution in [1.82, 2.24) is 10.6 Å². The van der Waals surface area contributed by atoms with Crippen molar-refractivity contribution in [2.24, 2.45) is 0 Å². The van der Waals surface area contributed by atoms with Crippen molar-refractivity contribution in [3.63, 3.8) is 0 Å². The van der Waals surface area contributed by atoms with Crippen LogP contribution < -0.4 is 10.6 Å². The summed E-state index contributed by atoms with van der Waals surface area (Å²) in [5.41, 5.74) is 2.29. The van der Waals surface area contributed by atoms with Gasteiger partial charge in [0.2, 0.25) is 5.91 Å². The predicted molar refractivity (Wildman–Crippen MR) is 98.6 cm³/mol. The predicted octanol–water partition coefficient (Wildman–Crippen LogP) is 3.08. The molecule has 0 fully saturated rings. The molecule has 0 spiro atoms. The number of carbonyl (C=O) groups is 2. The topological polar surface area (TPSA) is 78.4 Å². The number of aliphatic carboxylic acids is 1. The maximum atomic E-state index is 12.2. The van der Waals surface area contributed by atoms with Gasteiger partial charge < -0.3 is 10.4 Å². The molecular formula is C18H29ClN2O3. The van der Waals surface area contributed by atoms with E-state index in [1.165, 1.54) is 5.56 Å². The fourth-order valence-electron chi connectivity index (χ4n) is 2.41. The molecule has 0 aliphatic heterocycles. The SMILES string of the molecule is CCCC(NC(C)C(=O)NC(C)c1ccc(CC)cc1)C(=O)O.Cl. The van der Waals surface area contributed by atoms with Gasteiger partial charge in [-0.3, -0.25) is 14.9 Å². The Labute approximate surface area is 150 Å². The van der Waals surface area contributed by atoms with Crippen LogP contribution in [0.1, 0.15) is 57.7 Å². The number of carbonyl (C=O) groups excluding carboxylic acids is 1. The molecule has 0 saturated carbocycles. The van der Waals surface area contributed by atoms with Crippen molar-refractivity contribution >= 4 is 24.3 Å². The Morgan fingerprint density at radius 2 is 1.71 bits per heavy atom. The van der Waals surface area contributed by atoms with E-state index in [9.17, 15) is 9.59 Å². The summed E-state index contributed by atoms with van der Waals surface area (Å²) in [5.74, 6) is -1.12. The summed E-state index contributed by atoms with van der Waals surface area (Å²) in [6.07, 6.45) is 2.23. The highest BCUT2D eigenvalue weighted by Gasteiger charge is 2.23. The molecule has 1 rings (SSSR count). The van der Waals surface area contributed by atoms with E-state index in [0.29, 0.717) is 6.42 Å². The van der Waals surface area contributed by atoms with Crippen LogP contribution in [0.25, 0.3) is 0 Å². The first-order valence-electron chi connectivity index (χ1n) is 8.27. The van der Waals surface area contributed by atoms with Crippen molar-refractivity contribution < 1.29 is 14.7 Å². The molecule has 3 N–H and O–H groups in total. The lowest BCUT2D eigenvalue weighted by Crippen LogP contribution is -2.49. The Hall–Kier alpha value is -1.59. The van der Waals surface area contributed by atoms with Gasteiger partial charge in [0.05, 0.1) is 12.1 Å². The quantitative estimate of drug-likeness (QED) is 0.635. The third-order valence-corrected chi connectivity index (χ3v) is 3.97. The van der Waals surface area contributed by atoms with Crippen LogP contribution in [0.3, 0.4) is 0 Å². The third-order valence-electron chi connectivity index (χ3n) is 3.97. The van der Waals surface area contributed by atoms with E-state index in [0.717, 1.165) is 18.4 Å². The maximum absolute atomic E-state index is 12.2. The molecule has 0 bridgehead atoms. The summed E-state index contributed by atoms with van der Waals surface area (Å²) in [5, 5.41) is 15.0. The molecule has 3 unspecified atom stereocenters. The highest BCUT2D eigenvalue weighted by Crippen LogP contribution is 2.14. The number of halogens is 1. The van der Waals surface area contributed by atoms with Gasteiger partial charge in [-0.1, -0.05) is 44.5 Å². The van der Waals surface area contributed by atoms with Crippen LogP contribution in [0.4, 0.5) is 0 Å². The van der Waals surface area contributed by atoms with Crippen molar-refractivity contribution in [2.45, 2.75) is 65.1 Å². The lowest BCUT2D eigenvalue weighted by atomic mass is 10.0. The highest BCUT2D eigenvalue weighted by molar-refractivity contribution is 5.85. The van der Waals surface area contributed by atoms with Crippen LogP contribution in [-0.4, -0.2) is 29.1 Å². The maximum Gasteiger partial charge on any atom is 0.320 e. The molecule has 136 valence electrons. The second-order valence-corrected chi connectivity index (χ2v) is 5.89. The van der Waals surface area contributed by atoms with Gasteiger partial charge in [-0.05, 0) is 37.8 Å². The molecule has 0 aliphatic carbocycles. The van der Waals surface area contributed by atoms with E-state index in [4.69, 9.17) is 5.11 Å². The number of hydrogen-bond acceptors (Lipinski definition) is 3. The summed E-state index contributed by atoms with van der Waals surface area (Å²) in [7, 11) is 0. The van der Waals surface area contributed by atoms with Gasteiger partial charge in [0.25, 0.3) is 0 Å². The van der Waals surface area contributed by atoms with Gasteiger partial charge in [0.15, 0.2) is 0 Å². The molecule has 24 heavy (non-hydrogen) atoms. The van der Waals surface area contributed by atoms with Crippen molar-refractivity contribution in [3.8, 4) is 0 Å². The van der Waals surface area contributed by atoms with E-state index < -0.39 is 18.1 Å². The lowest BCUT2D eigenvalue weighted by Gasteiger charge is -2.22. The average Bonchev–Trinajstić information content (AvgIpc) is 2.54. The number of hydrogen-bond donors (Lipinski definition) is 3. The van der Waals surface area contributed by atoms with Gasteiger partial charge in [-0.2, -0.15) is 0 Å². The zero-order valence-corrected chi connectivity index (χ0v) is 15.7. The Bertz CT molecular complexity index is 520. The number of carboxylic acid groups (broad SMARTS) is 1. The number of benzene rings is 1. The molecule has 1 aromatic carbocycles. The number of nitrogens with one attached hydrogen (secondary N) is 2. The molecule has 0 saturated heterocycles. The summed E-state index contributed by atoms with van der Waals surface area (Å²) < 4.78 is 0. The Balaban J connectivity index is 0.00000529. The van der Waals surface area contributed by atoms with E-state index in [1.807, 2.05) is 26.0 Å². The minimum Gasteiger partial charge on any atom is -0.480 e.